The van der Waals surface area contributed by atoms with Crippen molar-refractivity contribution < 1.29 is 9.53 Å². The normalized spacial score (nSPS) is 8.46. The molecule has 0 aliphatic heterocycles. The Kier molecular flexibility index (Phi) is 6.55. The number of hydrogen-bond acceptors (Lipinski definition) is 2. The third-order valence-corrected chi connectivity index (χ3v) is 1.35. The highest BCUT2D eigenvalue weighted by atomic mass is 16.5. The molecule has 0 saturated heterocycles. The van der Waals surface area contributed by atoms with Gasteiger partial charge in [-0.25, -0.2) is 0 Å². The molecular formula is C10H15NO2. The first-order valence-corrected chi connectivity index (χ1v) is 4.06. The van der Waals surface area contributed by atoms with Gasteiger partial charge in [0.15, 0.2) is 0 Å². The van der Waals surface area contributed by atoms with Crippen molar-refractivity contribution in [1.29, 1.82) is 0 Å². The zero-order chi connectivity index (χ0) is 10.1. The van der Waals surface area contributed by atoms with E-state index in [1.165, 1.54) is 0 Å². The van der Waals surface area contributed by atoms with E-state index in [9.17, 15) is 4.79 Å². The van der Waals surface area contributed by atoms with Crippen LogP contribution >= 0.6 is 0 Å². The lowest BCUT2D eigenvalue weighted by Gasteiger charge is -1.89. The molecule has 0 aliphatic carbocycles. The van der Waals surface area contributed by atoms with E-state index in [0.717, 1.165) is 6.61 Å². The maximum absolute atomic E-state index is 10.4. The summed E-state index contributed by atoms with van der Waals surface area (Å²) in [6.07, 6.45) is 0. The standard InChI is InChI=1S/C7H7NO.C3H8O/c8-7(9)6-4-2-1-3-5-6;1-3-4-2/h1-5H,(H2,8,9);3H2,1-2H3. The van der Waals surface area contributed by atoms with E-state index in [1.54, 1.807) is 31.4 Å². The van der Waals surface area contributed by atoms with E-state index in [1.807, 2.05) is 13.0 Å². The fourth-order valence-corrected chi connectivity index (χ4v) is 0.602. The second-order valence-electron chi connectivity index (χ2n) is 2.31. The van der Waals surface area contributed by atoms with Gasteiger partial charge in [-0.3, -0.25) is 4.79 Å². The molecule has 0 unspecified atom stereocenters. The summed E-state index contributed by atoms with van der Waals surface area (Å²) in [5.74, 6) is -0.379. The third-order valence-electron chi connectivity index (χ3n) is 1.35. The van der Waals surface area contributed by atoms with E-state index in [0.29, 0.717) is 5.56 Å². The molecule has 0 saturated carbocycles. The minimum Gasteiger partial charge on any atom is -0.385 e. The topological polar surface area (TPSA) is 52.3 Å². The number of carbonyl (C=O) groups is 1. The Hall–Kier alpha value is -1.35. The van der Waals surface area contributed by atoms with Crippen molar-refractivity contribution in [2.24, 2.45) is 5.73 Å². The lowest BCUT2D eigenvalue weighted by Crippen LogP contribution is -2.09. The Morgan fingerprint density at radius 1 is 1.38 bits per heavy atom. The minimum absolute atomic E-state index is 0.379. The second kappa shape index (κ2) is 7.31. The summed E-state index contributed by atoms with van der Waals surface area (Å²) < 4.78 is 4.54. The summed E-state index contributed by atoms with van der Waals surface area (Å²) in [6, 6.07) is 8.76. The van der Waals surface area contributed by atoms with Crippen LogP contribution in [-0.2, 0) is 4.74 Å². The molecule has 0 bridgehead atoms. The van der Waals surface area contributed by atoms with Crippen molar-refractivity contribution in [2.75, 3.05) is 13.7 Å². The number of nitrogens with two attached hydrogens (primary N) is 1. The van der Waals surface area contributed by atoms with Gasteiger partial charge in [-0.05, 0) is 19.1 Å². The van der Waals surface area contributed by atoms with Crippen molar-refractivity contribution >= 4 is 5.91 Å². The van der Waals surface area contributed by atoms with Crippen LogP contribution in [0.4, 0.5) is 0 Å². The Morgan fingerprint density at radius 3 is 2.08 bits per heavy atom. The maximum Gasteiger partial charge on any atom is 0.248 e. The number of rotatable bonds is 2. The fourth-order valence-electron chi connectivity index (χ4n) is 0.602. The summed E-state index contributed by atoms with van der Waals surface area (Å²) in [5.41, 5.74) is 5.53. The monoisotopic (exact) mass is 181 g/mol. The summed E-state index contributed by atoms with van der Waals surface area (Å²) in [7, 11) is 1.68. The third kappa shape index (κ3) is 5.87. The quantitative estimate of drug-likeness (QED) is 0.750. The van der Waals surface area contributed by atoms with Crippen LogP contribution in [0.5, 0.6) is 0 Å². The van der Waals surface area contributed by atoms with Crippen LogP contribution < -0.4 is 5.73 Å². The van der Waals surface area contributed by atoms with Crippen LogP contribution in [0.15, 0.2) is 30.3 Å². The molecule has 72 valence electrons. The first kappa shape index (κ1) is 11.6. The van der Waals surface area contributed by atoms with E-state index in [4.69, 9.17) is 5.73 Å². The van der Waals surface area contributed by atoms with Gasteiger partial charge in [0, 0.05) is 19.3 Å². The van der Waals surface area contributed by atoms with E-state index in [2.05, 4.69) is 4.74 Å². The minimum atomic E-state index is -0.379. The van der Waals surface area contributed by atoms with Crippen molar-refractivity contribution in [2.45, 2.75) is 6.92 Å². The molecule has 0 aromatic heterocycles. The number of hydrogen-bond donors (Lipinski definition) is 1. The molecule has 0 radical (unpaired) electrons. The predicted molar refractivity (Wildman–Crippen MR) is 52.5 cm³/mol. The highest BCUT2D eigenvalue weighted by Crippen LogP contribution is 1.94. The van der Waals surface area contributed by atoms with Crippen LogP contribution in [0.2, 0.25) is 0 Å². The summed E-state index contributed by atoms with van der Waals surface area (Å²) in [5, 5.41) is 0. The highest BCUT2D eigenvalue weighted by Gasteiger charge is 1.93. The zero-order valence-electron chi connectivity index (χ0n) is 7.99. The molecule has 1 rings (SSSR count). The lowest BCUT2D eigenvalue weighted by molar-refractivity contribution is 0.100. The zero-order valence-corrected chi connectivity index (χ0v) is 7.99. The first-order chi connectivity index (χ1) is 6.22. The van der Waals surface area contributed by atoms with Crippen LogP contribution in [0.3, 0.4) is 0 Å². The Labute approximate surface area is 78.5 Å². The number of methoxy groups -OCH3 is 1. The van der Waals surface area contributed by atoms with Gasteiger partial charge in [0.1, 0.15) is 0 Å². The summed E-state index contributed by atoms with van der Waals surface area (Å²) in [6.45, 7) is 2.78. The fraction of sp³-hybridized carbons (Fsp3) is 0.300. The van der Waals surface area contributed by atoms with Gasteiger partial charge in [-0.1, -0.05) is 18.2 Å². The molecule has 1 amide bonds. The Balaban J connectivity index is 0.000000310. The highest BCUT2D eigenvalue weighted by molar-refractivity contribution is 5.92. The Morgan fingerprint density at radius 2 is 1.85 bits per heavy atom. The largest absolute Gasteiger partial charge is 0.385 e. The number of benzene rings is 1. The molecule has 0 spiro atoms. The first-order valence-electron chi connectivity index (χ1n) is 4.06. The molecule has 0 atom stereocenters. The van der Waals surface area contributed by atoms with Crippen LogP contribution in [0.1, 0.15) is 17.3 Å². The van der Waals surface area contributed by atoms with E-state index >= 15 is 0 Å². The van der Waals surface area contributed by atoms with Crippen molar-refractivity contribution in [3.05, 3.63) is 35.9 Å². The van der Waals surface area contributed by atoms with E-state index in [-0.39, 0.29) is 5.91 Å². The van der Waals surface area contributed by atoms with Crippen LogP contribution in [0.25, 0.3) is 0 Å². The second-order valence-corrected chi connectivity index (χ2v) is 2.31. The average molecular weight is 181 g/mol. The lowest BCUT2D eigenvalue weighted by atomic mass is 10.2. The van der Waals surface area contributed by atoms with Crippen molar-refractivity contribution in [3.63, 3.8) is 0 Å². The van der Waals surface area contributed by atoms with Gasteiger partial charge < -0.3 is 10.5 Å². The molecule has 2 N–H and O–H groups in total. The number of primary amides is 1. The van der Waals surface area contributed by atoms with E-state index < -0.39 is 0 Å². The molecule has 1 aromatic carbocycles. The molecular weight excluding hydrogens is 166 g/mol. The smallest absolute Gasteiger partial charge is 0.248 e. The van der Waals surface area contributed by atoms with Gasteiger partial charge >= 0.3 is 0 Å². The average Bonchev–Trinajstić information content (AvgIpc) is 2.19. The van der Waals surface area contributed by atoms with Crippen LogP contribution in [0, 0.1) is 0 Å². The molecule has 1 aromatic rings. The SMILES string of the molecule is CCOC.NC(=O)c1ccccc1. The molecule has 0 aliphatic rings. The number of amides is 1. The number of carbonyl (C=O) groups excluding carboxylic acids is 1. The molecule has 13 heavy (non-hydrogen) atoms. The molecule has 3 nitrogen and oxygen atoms in total. The van der Waals surface area contributed by atoms with Gasteiger partial charge in [-0.15, -0.1) is 0 Å². The van der Waals surface area contributed by atoms with Crippen LogP contribution in [-0.4, -0.2) is 19.6 Å². The molecule has 0 fully saturated rings. The predicted octanol–water partition coefficient (Wildman–Crippen LogP) is 1.44. The van der Waals surface area contributed by atoms with Gasteiger partial charge in [0.2, 0.25) is 5.91 Å². The summed E-state index contributed by atoms with van der Waals surface area (Å²) in [4.78, 5) is 10.4. The summed E-state index contributed by atoms with van der Waals surface area (Å²) >= 11 is 0. The van der Waals surface area contributed by atoms with Gasteiger partial charge in [0.25, 0.3) is 0 Å². The van der Waals surface area contributed by atoms with Gasteiger partial charge in [0.05, 0.1) is 0 Å². The molecule has 3 heteroatoms. The number of ether oxygens (including phenoxy) is 1. The van der Waals surface area contributed by atoms with Gasteiger partial charge in [-0.2, -0.15) is 0 Å². The van der Waals surface area contributed by atoms with Crippen molar-refractivity contribution in [3.8, 4) is 0 Å². The Bertz CT molecular complexity index is 232. The molecule has 0 heterocycles. The van der Waals surface area contributed by atoms with Crippen molar-refractivity contribution in [1.82, 2.24) is 0 Å². The maximum atomic E-state index is 10.4.